The van der Waals surface area contributed by atoms with Gasteiger partial charge < -0.3 is 9.88 Å². The number of fused-ring (bicyclic) bond motifs is 1. The summed E-state index contributed by atoms with van der Waals surface area (Å²) in [6, 6.07) is 17.2. The average Bonchev–Trinajstić information content (AvgIpc) is 3.32. The molecule has 1 aliphatic rings. The van der Waals surface area contributed by atoms with Crippen molar-refractivity contribution in [3.8, 4) is 21.8 Å². The molecule has 7 heteroatoms. The second-order valence-corrected chi connectivity index (χ2v) is 11.4. The molecule has 188 valence electrons. The van der Waals surface area contributed by atoms with Crippen LogP contribution >= 0.6 is 11.3 Å². The van der Waals surface area contributed by atoms with Gasteiger partial charge in [0.05, 0.1) is 11.3 Å². The van der Waals surface area contributed by atoms with Crippen LogP contribution in [0, 0.1) is 19.3 Å². The molecular formula is C30H29N3O3S. The maximum atomic E-state index is 13.8. The van der Waals surface area contributed by atoms with Crippen LogP contribution in [-0.2, 0) is 17.8 Å². The van der Waals surface area contributed by atoms with E-state index in [0.29, 0.717) is 40.4 Å². The smallest absolute Gasteiger partial charge is 0.261 e. The van der Waals surface area contributed by atoms with Gasteiger partial charge >= 0.3 is 0 Å². The Morgan fingerprint density at radius 1 is 0.973 bits per heavy atom. The van der Waals surface area contributed by atoms with E-state index in [1.807, 2.05) is 81.6 Å². The molecule has 2 heterocycles. The van der Waals surface area contributed by atoms with E-state index >= 15 is 0 Å². The Balaban J connectivity index is 1.56. The number of nitrogens with one attached hydrogen (secondary N) is 1. The van der Waals surface area contributed by atoms with Crippen molar-refractivity contribution < 1.29 is 9.59 Å². The second-order valence-electron chi connectivity index (χ2n) is 10.6. The number of hydrogen-bond donors (Lipinski definition) is 1. The summed E-state index contributed by atoms with van der Waals surface area (Å²) in [5.41, 5.74) is 5.49. The van der Waals surface area contributed by atoms with Crippen LogP contribution in [0.2, 0.25) is 0 Å². The molecule has 5 rings (SSSR count). The van der Waals surface area contributed by atoms with Gasteiger partial charge in [-0.05, 0) is 43.9 Å². The Bertz CT molecular complexity index is 1560. The summed E-state index contributed by atoms with van der Waals surface area (Å²) in [5.74, 6) is -0.337. The molecule has 0 atom stereocenters. The molecule has 0 fully saturated rings. The van der Waals surface area contributed by atoms with Crippen molar-refractivity contribution in [3.63, 3.8) is 0 Å². The highest BCUT2D eigenvalue weighted by molar-refractivity contribution is 7.13. The van der Waals surface area contributed by atoms with Gasteiger partial charge in [0.25, 0.3) is 5.56 Å². The van der Waals surface area contributed by atoms with Crippen LogP contribution in [0.5, 0.6) is 0 Å². The van der Waals surface area contributed by atoms with E-state index in [1.165, 1.54) is 15.9 Å². The monoisotopic (exact) mass is 511 g/mol. The van der Waals surface area contributed by atoms with E-state index in [0.717, 1.165) is 22.4 Å². The first kappa shape index (κ1) is 24.8. The number of ketones is 1. The van der Waals surface area contributed by atoms with Gasteiger partial charge in [0.15, 0.2) is 5.78 Å². The number of anilines is 1. The number of aryl methyl sites for hydroxylation is 2. The second kappa shape index (κ2) is 9.56. The fourth-order valence-electron chi connectivity index (χ4n) is 4.74. The van der Waals surface area contributed by atoms with Gasteiger partial charge in [-0.15, -0.1) is 11.3 Å². The molecule has 0 saturated carbocycles. The molecule has 2 aromatic carbocycles. The van der Waals surface area contributed by atoms with Crippen molar-refractivity contribution in [1.82, 2.24) is 9.55 Å². The molecule has 0 saturated heterocycles. The van der Waals surface area contributed by atoms with Crippen LogP contribution in [0.15, 0.2) is 64.8 Å². The maximum absolute atomic E-state index is 13.8. The summed E-state index contributed by atoms with van der Waals surface area (Å²) < 4.78 is 1.47. The van der Waals surface area contributed by atoms with Crippen molar-refractivity contribution in [1.29, 1.82) is 0 Å². The van der Waals surface area contributed by atoms with Gasteiger partial charge in [0.1, 0.15) is 11.6 Å². The topological polar surface area (TPSA) is 81.1 Å². The summed E-state index contributed by atoms with van der Waals surface area (Å²) >= 11 is 1.36. The number of hydrogen-bond acceptors (Lipinski definition) is 5. The van der Waals surface area contributed by atoms with E-state index in [-0.39, 0.29) is 29.2 Å². The highest BCUT2D eigenvalue weighted by atomic mass is 32.1. The van der Waals surface area contributed by atoms with Gasteiger partial charge in [-0.3, -0.25) is 14.4 Å². The Hall–Kier alpha value is -3.84. The summed E-state index contributed by atoms with van der Waals surface area (Å²) in [4.78, 5) is 44.8. The fourth-order valence-corrected chi connectivity index (χ4v) is 5.57. The third kappa shape index (κ3) is 5.18. The number of thiazole rings is 1. The minimum Gasteiger partial charge on any atom is -0.325 e. The van der Waals surface area contributed by atoms with Gasteiger partial charge in [-0.25, -0.2) is 4.98 Å². The molecule has 0 bridgehead atoms. The average molecular weight is 512 g/mol. The first-order valence-corrected chi connectivity index (χ1v) is 13.2. The Morgan fingerprint density at radius 2 is 1.62 bits per heavy atom. The first-order chi connectivity index (χ1) is 17.6. The van der Waals surface area contributed by atoms with Gasteiger partial charge in [0.2, 0.25) is 5.91 Å². The summed E-state index contributed by atoms with van der Waals surface area (Å²) in [7, 11) is 0. The molecule has 0 radical (unpaired) electrons. The highest BCUT2D eigenvalue weighted by Crippen LogP contribution is 2.36. The zero-order chi connectivity index (χ0) is 26.3. The minimum atomic E-state index is -0.319. The molecule has 4 aromatic rings. The number of Topliss-reactive ketones (excluding diaryl/α,β-unsaturated/α-hetero) is 1. The number of nitrogens with zero attached hydrogens (tertiary/aromatic N) is 2. The van der Waals surface area contributed by atoms with Gasteiger partial charge in [-0.1, -0.05) is 61.4 Å². The highest BCUT2D eigenvalue weighted by Gasteiger charge is 2.34. The molecule has 0 spiro atoms. The minimum absolute atomic E-state index is 0.0180. The van der Waals surface area contributed by atoms with E-state index in [4.69, 9.17) is 4.98 Å². The van der Waals surface area contributed by atoms with Crippen molar-refractivity contribution >= 4 is 28.7 Å². The molecule has 2 aromatic heterocycles. The third-order valence-corrected chi connectivity index (χ3v) is 7.58. The number of amides is 1. The van der Waals surface area contributed by atoms with E-state index in [2.05, 4.69) is 5.32 Å². The van der Waals surface area contributed by atoms with Crippen LogP contribution < -0.4 is 10.9 Å². The van der Waals surface area contributed by atoms with E-state index in [9.17, 15) is 14.4 Å². The van der Waals surface area contributed by atoms with Crippen LogP contribution in [-0.4, -0.2) is 21.2 Å². The Morgan fingerprint density at radius 3 is 2.30 bits per heavy atom. The molecule has 0 unspecified atom stereocenters. The van der Waals surface area contributed by atoms with Crippen LogP contribution in [0.3, 0.4) is 0 Å². The number of aromatic nitrogens is 2. The number of carbonyl (C=O) groups is 2. The lowest BCUT2D eigenvalue weighted by Crippen LogP contribution is -2.37. The zero-order valence-corrected chi connectivity index (χ0v) is 22.2. The molecule has 1 aliphatic carbocycles. The largest absolute Gasteiger partial charge is 0.325 e. The lowest BCUT2D eigenvalue weighted by atomic mass is 9.75. The van der Waals surface area contributed by atoms with Gasteiger partial charge in [0, 0.05) is 34.3 Å². The third-order valence-electron chi connectivity index (χ3n) is 6.71. The lowest BCUT2D eigenvalue weighted by Gasteiger charge is -2.32. The van der Waals surface area contributed by atoms with Crippen LogP contribution in [0.1, 0.15) is 47.4 Å². The predicted molar refractivity (Wildman–Crippen MR) is 148 cm³/mol. The summed E-state index contributed by atoms with van der Waals surface area (Å²) in [6.45, 7) is 7.85. The lowest BCUT2D eigenvalue weighted by molar-refractivity contribution is -0.116. The number of pyridine rings is 1. The van der Waals surface area contributed by atoms with Crippen LogP contribution in [0.4, 0.5) is 5.69 Å². The van der Waals surface area contributed by atoms with Crippen molar-refractivity contribution in [2.45, 2.75) is 47.1 Å². The Labute approximate surface area is 220 Å². The number of carbonyl (C=O) groups excluding carboxylic acids is 2. The normalized spacial score (nSPS) is 14.3. The maximum Gasteiger partial charge on any atom is 0.261 e. The fraction of sp³-hybridized carbons (Fsp3) is 0.267. The SMILES string of the molecule is Cc1ccc(NC(=O)Cn2c3c(cc(-c4nc(-c5ccc(C)cc5)cs4)c2=O)C(=O)CC(C)(C)C3)cc1. The van der Waals surface area contributed by atoms with Crippen molar-refractivity contribution in [2.75, 3.05) is 5.32 Å². The van der Waals surface area contributed by atoms with E-state index in [1.54, 1.807) is 6.07 Å². The molecule has 37 heavy (non-hydrogen) atoms. The number of rotatable bonds is 5. The summed E-state index contributed by atoms with van der Waals surface area (Å²) in [5, 5.41) is 5.33. The molecular weight excluding hydrogens is 482 g/mol. The molecule has 0 aliphatic heterocycles. The van der Waals surface area contributed by atoms with Crippen molar-refractivity contribution in [2.24, 2.45) is 5.41 Å². The predicted octanol–water partition coefficient (Wildman–Crippen LogP) is 6.05. The quantitative estimate of drug-likeness (QED) is 0.354. The number of benzene rings is 2. The van der Waals surface area contributed by atoms with Crippen molar-refractivity contribution in [3.05, 3.63) is 92.7 Å². The van der Waals surface area contributed by atoms with E-state index < -0.39 is 0 Å². The summed E-state index contributed by atoms with van der Waals surface area (Å²) in [6.07, 6.45) is 0.924. The Kier molecular flexibility index (Phi) is 6.42. The molecule has 1 N–H and O–H groups in total. The van der Waals surface area contributed by atoms with Gasteiger partial charge in [-0.2, -0.15) is 0 Å². The first-order valence-electron chi connectivity index (χ1n) is 12.3. The zero-order valence-electron chi connectivity index (χ0n) is 21.4. The van der Waals surface area contributed by atoms with Crippen LogP contribution in [0.25, 0.3) is 21.8 Å². The standard InChI is InChI=1S/C30H29N3O3S/c1-18-5-9-20(10-6-18)24-17-37-28(32-24)23-13-22-25(14-30(3,4)15-26(22)34)33(29(23)36)16-27(35)31-21-11-7-19(2)8-12-21/h5-13,17H,14-16H2,1-4H3,(H,31,35). The molecule has 6 nitrogen and oxygen atoms in total. The molecule has 1 amide bonds.